The van der Waals surface area contributed by atoms with Gasteiger partial charge in [0.15, 0.2) is 0 Å². The van der Waals surface area contributed by atoms with Crippen LogP contribution in [-0.2, 0) is 17.8 Å². The fourth-order valence-corrected chi connectivity index (χ4v) is 4.11. The molecule has 0 radical (unpaired) electrons. The second-order valence-corrected chi connectivity index (χ2v) is 7.14. The molecule has 3 rings (SSSR count). The lowest BCUT2D eigenvalue weighted by molar-refractivity contribution is -0.119. The molecular formula is C19H22N2OS. The maximum atomic E-state index is 11.1. The number of nitrogens with two attached hydrogens (primary N) is 1. The van der Waals surface area contributed by atoms with Crippen LogP contribution in [0.4, 0.5) is 0 Å². The number of benzene rings is 2. The van der Waals surface area contributed by atoms with Gasteiger partial charge in [0.25, 0.3) is 0 Å². The average molecular weight is 326 g/mol. The molecule has 0 aliphatic carbocycles. The molecule has 120 valence electrons. The molecule has 3 N–H and O–H groups in total. The highest BCUT2D eigenvalue weighted by Crippen LogP contribution is 2.41. The maximum absolute atomic E-state index is 11.1. The van der Waals surface area contributed by atoms with E-state index in [4.69, 9.17) is 5.73 Å². The fraction of sp³-hybridized carbons (Fsp3) is 0.316. The first-order valence-corrected chi connectivity index (χ1v) is 8.94. The first-order chi connectivity index (χ1) is 11.1. The Kier molecular flexibility index (Phi) is 5.03. The summed E-state index contributed by atoms with van der Waals surface area (Å²) in [5.74, 6) is 1.38. The van der Waals surface area contributed by atoms with Crippen LogP contribution >= 0.6 is 11.8 Å². The monoisotopic (exact) mass is 326 g/mol. The van der Waals surface area contributed by atoms with Gasteiger partial charge in [0.1, 0.15) is 0 Å². The molecule has 3 nitrogen and oxygen atoms in total. The molecule has 2 aromatic carbocycles. The van der Waals surface area contributed by atoms with E-state index in [-0.39, 0.29) is 11.9 Å². The maximum Gasteiger partial charge on any atom is 0.234 e. The predicted molar refractivity (Wildman–Crippen MR) is 95.5 cm³/mol. The van der Waals surface area contributed by atoms with Gasteiger partial charge < -0.3 is 11.1 Å². The Bertz CT molecular complexity index is 687. The summed E-state index contributed by atoms with van der Waals surface area (Å²) in [6.45, 7) is 2.46. The fourth-order valence-electron chi connectivity index (χ4n) is 2.88. The summed E-state index contributed by atoms with van der Waals surface area (Å²) < 4.78 is 0. The molecule has 23 heavy (non-hydrogen) atoms. The average Bonchev–Trinajstić information content (AvgIpc) is 2.96. The molecule has 2 atom stereocenters. The van der Waals surface area contributed by atoms with E-state index in [0.717, 1.165) is 12.2 Å². The minimum atomic E-state index is -0.316. The molecule has 2 aromatic rings. The van der Waals surface area contributed by atoms with Crippen LogP contribution in [0.3, 0.4) is 0 Å². The minimum Gasteiger partial charge on any atom is -0.368 e. The van der Waals surface area contributed by atoms with Crippen LogP contribution in [0.5, 0.6) is 0 Å². The highest BCUT2D eigenvalue weighted by atomic mass is 32.2. The molecule has 1 heterocycles. The lowest BCUT2D eigenvalue weighted by Gasteiger charge is -2.14. The summed E-state index contributed by atoms with van der Waals surface area (Å²) in [7, 11) is 0. The van der Waals surface area contributed by atoms with Crippen molar-refractivity contribution in [2.24, 2.45) is 5.73 Å². The van der Waals surface area contributed by atoms with Gasteiger partial charge in [-0.2, -0.15) is 0 Å². The van der Waals surface area contributed by atoms with Crippen molar-refractivity contribution < 1.29 is 4.79 Å². The molecule has 0 saturated heterocycles. The molecule has 0 spiro atoms. The van der Waals surface area contributed by atoms with Gasteiger partial charge in [0.2, 0.25) is 5.91 Å². The van der Waals surface area contributed by atoms with Gasteiger partial charge in [0.05, 0.1) is 6.04 Å². The zero-order chi connectivity index (χ0) is 16.2. The predicted octanol–water partition coefficient (Wildman–Crippen LogP) is 3.08. The number of primary amides is 1. The number of amides is 1. The summed E-state index contributed by atoms with van der Waals surface area (Å²) >= 11 is 1.94. The third-order valence-corrected chi connectivity index (χ3v) is 5.57. The SMILES string of the molecule is CC(NCc1ccc2c(c1)C(Cc1ccccc1)CS2)C(N)=O. The second kappa shape index (κ2) is 7.20. The van der Waals surface area contributed by atoms with Crippen LogP contribution < -0.4 is 11.1 Å². The van der Waals surface area contributed by atoms with Crippen molar-refractivity contribution in [3.63, 3.8) is 0 Å². The van der Waals surface area contributed by atoms with Crippen molar-refractivity contribution in [3.8, 4) is 0 Å². The van der Waals surface area contributed by atoms with E-state index < -0.39 is 0 Å². The van der Waals surface area contributed by atoms with E-state index in [9.17, 15) is 4.79 Å². The number of carbonyl (C=O) groups is 1. The van der Waals surface area contributed by atoms with Gasteiger partial charge in [-0.1, -0.05) is 42.5 Å². The van der Waals surface area contributed by atoms with Crippen LogP contribution in [0.1, 0.15) is 29.5 Å². The summed E-state index contributed by atoms with van der Waals surface area (Å²) in [4.78, 5) is 12.5. The van der Waals surface area contributed by atoms with E-state index in [0.29, 0.717) is 12.5 Å². The third kappa shape index (κ3) is 3.95. The van der Waals surface area contributed by atoms with Gasteiger partial charge in [-0.15, -0.1) is 11.8 Å². The van der Waals surface area contributed by atoms with E-state index in [1.807, 2.05) is 11.8 Å². The van der Waals surface area contributed by atoms with Crippen LogP contribution in [-0.4, -0.2) is 17.7 Å². The summed E-state index contributed by atoms with van der Waals surface area (Å²) in [6.07, 6.45) is 1.08. The molecule has 1 amide bonds. The van der Waals surface area contributed by atoms with E-state index in [1.54, 1.807) is 6.92 Å². The summed E-state index contributed by atoms with van der Waals surface area (Å²) in [6, 6.07) is 17.0. The molecular weight excluding hydrogens is 304 g/mol. The molecule has 1 aliphatic heterocycles. The molecule has 0 saturated carbocycles. The van der Waals surface area contributed by atoms with Gasteiger partial charge in [-0.05, 0) is 42.0 Å². The highest BCUT2D eigenvalue weighted by molar-refractivity contribution is 7.99. The number of fused-ring (bicyclic) bond motifs is 1. The Morgan fingerprint density at radius 3 is 2.78 bits per heavy atom. The summed E-state index contributed by atoms with van der Waals surface area (Å²) in [5.41, 5.74) is 9.32. The van der Waals surface area contributed by atoms with Gasteiger partial charge >= 0.3 is 0 Å². The molecule has 4 heteroatoms. The quantitative estimate of drug-likeness (QED) is 0.858. The second-order valence-electron chi connectivity index (χ2n) is 6.07. The van der Waals surface area contributed by atoms with Crippen LogP contribution in [0.15, 0.2) is 53.4 Å². The number of nitrogens with one attached hydrogen (secondary N) is 1. The Labute approximate surface area is 141 Å². The largest absolute Gasteiger partial charge is 0.368 e. The molecule has 2 unspecified atom stereocenters. The van der Waals surface area contributed by atoms with Crippen LogP contribution in [0.25, 0.3) is 0 Å². The summed E-state index contributed by atoms with van der Waals surface area (Å²) in [5, 5.41) is 3.17. The highest BCUT2D eigenvalue weighted by Gasteiger charge is 2.23. The smallest absolute Gasteiger partial charge is 0.234 e. The standard InChI is InChI=1S/C19H22N2OS/c1-13(19(20)22)21-11-15-7-8-18-17(10-15)16(12-23-18)9-14-5-3-2-4-6-14/h2-8,10,13,16,21H,9,11-12H2,1H3,(H2,20,22). The Hall–Kier alpha value is -1.78. The van der Waals surface area contributed by atoms with Crippen molar-refractivity contribution >= 4 is 17.7 Å². The number of rotatable bonds is 6. The number of carbonyl (C=O) groups excluding carboxylic acids is 1. The van der Waals surface area contributed by atoms with Crippen LogP contribution in [0, 0.1) is 0 Å². The Balaban J connectivity index is 1.71. The number of hydrogen-bond donors (Lipinski definition) is 2. The lowest BCUT2D eigenvalue weighted by atomic mass is 9.92. The van der Waals surface area contributed by atoms with E-state index in [2.05, 4.69) is 53.8 Å². The Morgan fingerprint density at radius 2 is 2.04 bits per heavy atom. The number of thioether (sulfide) groups is 1. The molecule has 1 aliphatic rings. The van der Waals surface area contributed by atoms with Crippen molar-refractivity contribution in [3.05, 3.63) is 65.2 Å². The number of hydrogen-bond acceptors (Lipinski definition) is 3. The van der Waals surface area contributed by atoms with Crippen molar-refractivity contribution in [2.45, 2.75) is 36.7 Å². The van der Waals surface area contributed by atoms with Gasteiger partial charge in [-0.3, -0.25) is 4.79 Å². The van der Waals surface area contributed by atoms with Crippen molar-refractivity contribution in [2.75, 3.05) is 5.75 Å². The zero-order valence-electron chi connectivity index (χ0n) is 13.3. The van der Waals surface area contributed by atoms with Crippen molar-refractivity contribution in [1.82, 2.24) is 5.32 Å². The Morgan fingerprint density at radius 1 is 1.26 bits per heavy atom. The first kappa shape index (κ1) is 16.1. The topological polar surface area (TPSA) is 55.1 Å². The molecule has 0 fully saturated rings. The third-order valence-electron chi connectivity index (χ3n) is 4.32. The first-order valence-electron chi connectivity index (χ1n) is 7.95. The molecule has 0 aromatic heterocycles. The van der Waals surface area contributed by atoms with E-state index in [1.165, 1.54) is 21.6 Å². The van der Waals surface area contributed by atoms with Gasteiger partial charge in [0, 0.05) is 17.2 Å². The lowest BCUT2D eigenvalue weighted by Crippen LogP contribution is -2.38. The van der Waals surface area contributed by atoms with E-state index >= 15 is 0 Å². The van der Waals surface area contributed by atoms with Crippen molar-refractivity contribution in [1.29, 1.82) is 0 Å². The molecule has 0 bridgehead atoms. The van der Waals surface area contributed by atoms with Crippen LogP contribution in [0.2, 0.25) is 0 Å². The van der Waals surface area contributed by atoms with Gasteiger partial charge in [-0.25, -0.2) is 0 Å². The zero-order valence-corrected chi connectivity index (χ0v) is 14.1. The minimum absolute atomic E-state index is 0.308. The normalized spacial score (nSPS) is 17.7.